The number of rotatable bonds is 5. The van der Waals surface area contributed by atoms with Gasteiger partial charge in [0.25, 0.3) is 5.91 Å². The van der Waals surface area contributed by atoms with E-state index in [1.54, 1.807) is 30.3 Å². The minimum absolute atomic E-state index is 0.207. The van der Waals surface area contributed by atoms with Crippen LogP contribution in [-0.4, -0.2) is 23.0 Å². The third-order valence-corrected chi connectivity index (χ3v) is 6.33. The van der Waals surface area contributed by atoms with Crippen LogP contribution in [0.15, 0.2) is 83.3 Å². The highest BCUT2D eigenvalue weighted by Crippen LogP contribution is 2.33. The van der Waals surface area contributed by atoms with Gasteiger partial charge in [0.15, 0.2) is 11.7 Å². The van der Waals surface area contributed by atoms with E-state index in [9.17, 15) is 9.59 Å². The number of para-hydroxylation sites is 2. The highest BCUT2D eigenvalue weighted by Gasteiger charge is 2.23. The summed E-state index contributed by atoms with van der Waals surface area (Å²) in [7, 11) is 0. The first kappa shape index (κ1) is 22.9. The van der Waals surface area contributed by atoms with Crippen LogP contribution >= 0.6 is 23.2 Å². The van der Waals surface area contributed by atoms with Crippen molar-refractivity contribution in [3.05, 3.63) is 94.5 Å². The number of fused-ring (bicyclic) bond motifs is 2. The number of aromatic nitrogens is 1. The Morgan fingerprint density at radius 1 is 0.943 bits per heavy atom. The zero-order chi connectivity index (χ0) is 24.5. The van der Waals surface area contributed by atoms with Crippen LogP contribution < -0.4 is 5.32 Å². The molecule has 0 aliphatic rings. The average molecular weight is 505 g/mol. The van der Waals surface area contributed by atoms with Crippen molar-refractivity contribution in [3.8, 4) is 11.5 Å². The number of hydrogen-bond acceptors (Lipinski definition) is 5. The fraction of sp³-hybridized carbons (Fsp3) is 0.0741. The molecule has 5 aromatic rings. The number of benzene rings is 4. The summed E-state index contributed by atoms with van der Waals surface area (Å²) in [5, 5.41) is 4.58. The lowest BCUT2D eigenvalue weighted by Crippen LogP contribution is -2.30. The van der Waals surface area contributed by atoms with Crippen molar-refractivity contribution in [1.82, 2.24) is 4.98 Å². The maximum atomic E-state index is 13.2. The molecule has 0 spiro atoms. The number of nitrogens with one attached hydrogen (secondary N) is 1. The molecule has 0 saturated heterocycles. The smallest absolute Gasteiger partial charge is 0.339 e. The molecule has 0 radical (unpaired) electrons. The van der Waals surface area contributed by atoms with Crippen LogP contribution in [-0.2, 0) is 9.53 Å². The standard InChI is InChI=1S/C27H18Cl2N2O4/c1-15(25(32)30-21-13-6-11-19(28)24(21)29)34-27(33)18-10-5-8-16-7-4-9-17(23(16)18)26-31-20-12-2-3-14-22(20)35-26/h2-15H,1H3,(H,30,32). The van der Waals surface area contributed by atoms with Crippen LogP contribution in [0.2, 0.25) is 10.0 Å². The first-order chi connectivity index (χ1) is 16.9. The Morgan fingerprint density at radius 2 is 1.69 bits per heavy atom. The second-order valence-electron chi connectivity index (χ2n) is 7.83. The second kappa shape index (κ2) is 9.41. The van der Waals surface area contributed by atoms with E-state index in [0.29, 0.717) is 44.2 Å². The second-order valence-corrected chi connectivity index (χ2v) is 8.62. The van der Waals surface area contributed by atoms with E-state index in [4.69, 9.17) is 32.4 Å². The molecule has 1 aromatic heterocycles. The largest absolute Gasteiger partial charge is 0.449 e. The van der Waals surface area contributed by atoms with Gasteiger partial charge in [-0.05, 0) is 48.7 Å². The highest BCUT2D eigenvalue weighted by molar-refractivity contribution is 6.44. The number of carbonyl (C=O) groups is 2. The molecule has 0 aliphatic heterocycles. The van der Waals surface area contributed by atoms with Gasteiger partial charge in [0.2, 0.25) is 5.89 Å². The van der Waals surface area contributed by atoms with Gasteiger partial charge in [0, 0.05) is 10.9 Å². The number of nitrogens with zero attached hydrogens (tertiary/aromatic N) is 1. The van der Waals surface area contributed by atoms with Gasteiger partial charge in [-0.15, -0.1) is 0 Å². The molecule has 1 N–H and O–H groups in total. The Bertz CT molecular complexity index is 1560. The summed E-state index contributed by atoms with van der Waals surface area (Å²) >= 11 is 12.2. The third-order valence-electron chi connectivity index (χ3n) is 5.51. The Hall–Kier alpha value is -3.87. The number of esters is 1. The SMILES string of the molecule is CC(OC(=O)c1cccc2cccc(-c3nc4ccccc4o3)c12)C(=O)Nc1cccc(Cl)c1Cl. The van der Waals surface area contributed by atoms with Crippen LogP contribution in [0.3, 0.4) is 0 Å². The molecular weight excluding hydrogens is 487 g/mol. The average Bonchev–Trinajstić information content (AvgIpc) is 3.30. The molecule has 0 bridgehead atoms. The molecule has 1 atom stereocenters. The lowest BCUT2D eigenvalue weighted by Gasteiger charge is -2.16. The predicted octanol–water partition coefficient (Wildman–Crippen LogP) is 7.14. The van der Waals surface area contributed by atoms with E-state index in [1.807, 2.05) is 48.5 Å². The van der Waals surface area contributed by atoms with Crippen LogP contribution in [0.1, 0.15) is 17.3 Å². The lowest BCUT2D eigenvalue weighted by atomic mass is 9.99. The Balaban J connectivity index is 1.46. The van der Waals surface area contributed by atoms with Gasteiger partial charge in [0.1, 0.15) is 5.52 Å². The van der Waals surface area contributed by atoms with E-state index in [-0.39, 0.29) is 5.02 Å². The molecule has 6 nitrogen and oxygen atoms in total. The molecule has 0 saturated carbocycles. The fourth-order valence-electron chi connectivity index (χ4n) is 3.79. The summed E-state index contributed by atoms with van der Waals surface area (Å²) in [5.74, 6) is -0.806. The number of ether oxygens (including phenoxy) is 1. The van der Waals surface area contributed by atoms with Gasteiger partial charge in [0.05, 0.1) is 21.3 Å². The van der Waals surface area contributed by atoms with Crippen LogP contribution in [0.4, 0.5) is 5.69 Å². The van der Waals surface area contributed by atoms with E-state index < -0.39 is 18.0 Å². The fourth-order valence-corrected chi connectivity index (χ4v) is 4.14. The molecule has 1 heterocycles. The van der Waals surface area contributed by atoms with Crippen molar-refractivity contribution >= 4 is 62.6 Å². The minimum atomic E-state index is -1.09. The molecule has 1 unspecified atom stereocenters. The zero-order valence-corrected chi connectivity index (χ0v) is 19.9. The molecule has 0 aliphatic carbocycles. The summed E-state index contributed by atoms with van der Waals surface area (Å²) in [6.45, 7) is 1.48. The molecule has 35 heavy (non-hydrogen) atoms. The zero-order valence-electron chi connectivity index (χ0n) is 18.4. The number of halogens is 2. The van der Waals surface area contributed by atoms with Gasteiger partial charge in [-0.25, -0.2) is 9.78 Å². The van der Waals surface area contributed by atoms with Gasteiger partial charge in [-0.2, -0.15) is 0 Å². The summed E-state index contributed by atoms with van der Waals surface area (Å²) in [6.07, 6.45) is -1.09. The summed E-state index contributed by atoms with van der Waals surface area (Å²) in [6, 6.07) is 23.2. The number of amides is 1. The predicted molar refractivity (Wildman–Crippen MR) is 137 cm³/mol. The summed E-state index contributed by atoms with van der Waals surface area (Å²) < 4.78 is 11.5. The molecule has 8 heteroatoms. The van der Waals surface area contributed by atoms with Crippen LogP contribution in [0.25, 0.3) is 33.3 Å². The first-order valence-electron chi connectivity index (χ1n) is 10.8. The van der Waals surface area contributed by atoms with Crippen molar-refractivity contribution in [1.29, 1.82) is 0 Å². The Morgan fingerprint density at radius 3 is 2.49 bits per heavy atom. The van der Waals surface area contributed by atoms with Gasteiger partial charge >= 0.3 is 5.97 Å². The van der Waals surface area contributed by atoms with Crippen molar-refractivity contribution in [2.75, 3.05) is 5.32 Å². The van der Waals surface area contributed by atoms with Gasteiger partial charge in [-0.3, -0.25) is 4.79 Å². The molecule has 0 fully saturated rings. The molecule has 4 aromatic carbocycles. The molecular formula is C27H18Cl2N2O4. The normalized spacial score (nSPS) is 12.0. The van der Waals surface area contributed by atoms with E-state index in [0.717, 1.165) is 5.39 Å². The Labute approximate surface area is 210 Å². The van der Waals surface area contributed by atoms with Crippen LogP contribution in [0.5, 0.6) is 0 Å². The minimum Gasteiger partial charge on any atom is -0.449 e. The quantitative estimate of drug-likeness (QED) is 0.257. The summed E-state index contributed by atoms with van der Waals surface area (Å²) in [5.41, 5.74) is 2.62. The number of anilines is 1. The lowest BCUT2D eigenvalue weighted by molar-refractivity contribution is -0.123. The Kier molecular flexibility index (Phi) is 6.16. The molecule has 1 amide bonds. The van der Waals surface area contributed by atoms with E-state index in [2.05, 4.69) is 10.3 Å². The van der Waals surface area contributed by atoms with E-state index >= 15 is 0 Å². The first-order valence-corrected chi connectivity index (χ1v) is 11.5. The van der Waals surface area contributed by atoms with Crippen molar-refractivity contribution in [2.45, 2.75) is 13.0 Å². The van der Waals surface area contributed by atoms with Crippen LogP contribution in [0, 0.1) is 0 Å². The number of hydrogen-bond donors (Lipinski definition) is 1. The van der Waals surface area contributed by atoms with Gasteiger partial charge in [-0.1, -0.05) is 65.7 Å². The van der Waals surface area contributed by atoms with Gasteiger partial charge < -0.3 is 14.5 Å². The van der Waals surface area contributed by atoms with Crippen molar-refractivity contribution in [3.63, 3.8) is 0 Å². The maximum absolute atomic E-state index is 13.2. The maximum Gasteiger partial charge on any atom is 0.339 e. The molecule has 174 valence electrons. The number of carbonyl (C=O) groups excluding carboxylic acids is 2. The van der Waals surface area contributed by atoms with E-state index in [1.165, 1.54) is 6.92 Å². The van der Waals surface area contributed by atoms with Crippen molar-refractivity contribution in [2.24, 2.45) is 0 Å². The topological polar surface area (TPSA) is 81.4 Å². The monoisotopic (exact) mass is 504 g/mol. The molecule has 5 rings (SSSR count). The highest BCUT2D eigenvalue weighted by atomic mass is 35.5. The van der Waals surface area contributed by atoms with Crippen molar-refractivity contribution < 1.29 is 18.7 Å². The third kappa shape index (κ3) is 4.46. The number of oxazole rings is 1. The summed E-state index contributed by atoms with van der Waals surface area (Å²) in [4.78, 5) is 30.5.